The Hall–Kier alpha value is -2.51. The fourth-order valence-electron chi connectivity index (χ4n) is 2.35. The van der Waals surface area contributed by atoms with E-state index in [0.29, 0.717) is 24.5 Å². The minimum atomic E-state index is -0.507. The average molecular weight is 276 g/mol. The van der Waals surface area contributed by atoms with Crippen molar-refractivity contribution in [3.05, 3.63) is 36.3 Å². The third-order valence-electron chi connectivity index (χ3n) is 3.37. The molecule has 0 saturated carbocycles. The van der Waals surface area contributed by atoms with Crippen LogP contribution >= 0.6 is 0 Å². The van der Waals surface area contributed by atoms with Gasteiger partial charge in [0.25, 0.3) is 5.91 Å². The average Bonchev–Trinajstić information content (AvgIpc) is 3.08. The first-order valence-corrected chi connectivity index (χ1v) is 6.19. The van der Waals surface area contributed by atoms with Crippen LogP contribution in [0, 0.1) is 5.82 Å². The molecule has 20 heavy (non-hydrogen) atoms. The van der Waals surface area contributed by atoms with E-state index in [0.717, 1.165) is 12.6 Å². The molecule has 1 saturated heterocycles. The lowest BCUT2D eigenvalue weighted by molar-refractivity contribution is 0.1000. The number of nitrogens with two attached hydrogens (primary N) is 1. The van der Waals surface area contributed by atoms with E-state index < -0.39 is 11.7 Å². The molecule has 0 bridgehead atoms. The molecule has 1 amide bonds. The maximum absolute atomic E-state index is 13.6. The maximum Gasteiger partial charge on any atom is 0.251 e. The molecule has 3 rings (SSSR count). The Labute approximate surface area is 114 Å². The minimum Gasteiger partial charge on any atom is -0.366 e. The molecule has 0 aliphatic carbocycles. The number of anilines is 1. The Bertz CT molecular complexity index is 642. The Morgan fingerprint density at radius 3 is 3.00 bits per heavy atom. The highest BCUT2D eigenvalue weighted by Crippen LogP contribution is 2.26. The number of halogens is 1. The molecule has 1 atom stereocenters. The number of primary amides is 1. The van der Waals surface area contributed by atoms with Crippen molar-refractivity contribution in [2.45, 2.75) is 12.5 Å². The number of nitrogens with zero attached hydrogens (tertiary/aromatic N) is 5. The highest BCUT2D eigenvalue weighted by atomic mass is 19.1. The summed E-state index contributed by atoms with van der Waals surface area (Å²) in [5.74, 6) is -0.649. The van der Waals surface area contributed by atoms with E-state index in [1.165, 1.54) is 12.5 Å². The van der Waals surface area contributed by atoms with Crippen LogP contribution in [0.3, 0.4) is 0 Å². The van der Waals surface area contributed by atoms with Gasteiger partial charge < -0.3 is 10.6 Å². The van der Waals surface area contributed by atoms with E-state index >= 15 is 0 Å². The van der Waals surface area contributed by atoms with Crippen LogP contribution in [0.25, 0.3) is 0 Å². The van der Waals surface area contributed by atoms with Crippen molar-refractivity contribution < 1.29 is 9.18 Å². The van der Waals surface area contributed by atoms with Crippen molar-refractivity contribution in [3.63, 3.8) is 0 Å². The lowest BCUT2D eigenvalue weighted by Crippen LogP contribution is -2.23. The fraction of sp³-hybridized carbons (Fsp3) is 0.333. The molecule has 2 aromatic heterocycles. The third kappa shape index (κ3) is 2.20. The molecule has 0 aromatic carbocycles. The number of hydrogen-bond acceptors (Lipinski definition) is 5. The number of amides is 1. The van der Waals surface area contributed by atoms with Gasteiger partial charge in [-0.3, -0.25) is 9.48 Å². The van der Waals surface area contributed by atoms with Crippen LogP contribution in [0.2, 0.25) is 0 Å². The standard InChI is InChI=1S/C12H13FN6O/c13-10-4-15-7-16-12(10)18-2-1-9(6-18)19-5-8(3-17-19)11(14)20/h3-5,7,9H,1-2,6H2,(H2,14,20). The summed E-state index contributed by atoms with van der Waals surface area (Å²) in [6.45, 7) is 1.25. The first-order valence-electron chi connectivity index (χ1n) is 6.19. The summed E-state index contributed by atoms with van der Waals surface area (Å²) in [5, 5.41) is 4.13. The zero-order valence-electron chi connectivity index (χ0n) is 10.6. The van der Waals surface area contributed by atoms with Crippen molar-refractivity contribution in [2.24, 2.45) is 5.73 Å². The summed E-state index contributed by atoms with van der Waals surface area (Å²) in [7, 11) is 0. The van der Waals surface area contributed by atoms with Crippen LogP contribution in [0.5, 0.6) is 0 Å². The number of carbonyl (C=O) groups is 1. The van der Waals surface area contributed by atoms with Crippen LogP contribution in [0.15, 0.2) is 24.9 Å². The van der Waals surface area contributed by atoms with Crippen LogP contribution < -0.4 is 10.6 Å². The number of hydrogen-bond donors (Lipinski definition) is 1. The van der Waals surface area contributed by atoms with Crippen LogP contribution in [-0.2, 0) is 0 Å². The van der Waals surface area contributed by atoms with Gasteiger partial charge in [0.05, 0.1) is 24.0 Å². The Morgan fingerprint density at radius 2 is 2.30 bits per heavy atom. The molecule has 1 fully saturated rings. The van der Waals surface area contributed by atoms with Gasteiger partial charge >= 0.3 is 0 Å². The van der Waals surface area contributed by atoms with E-state index in [1.807, 2.05) is 4.90 Å². The second-order valence-corrected chi connectivity index (χ2v) is 4.66. The monoisotopic (exact) mass is 276 g/mol. The molecule has 1 aliphatic rings. The molecule has 0 radical (unpaired) electrons. The van der Waals surface area contributed by atoms with E-state index in [4.69, 9.17) is 5.73 Å². The van der Waals surface area contributed by atoms with E-state index in [2.05, 4.69) is 15.1 Å². The normalized spacial score (nSPS) is 18.4. The first kappa shape index (κ1) is 12.5. The van der Waals surface area contributed by atoms with Crippen molar-refractivity contribution >= 4 is 11.7 Å². The molecule has 1 unspecified atom stereocenters. The van der Waals surface area contributed by atoms with Gasteiger partial charge in [-0.1, -0.05) is 0 Å². The summed E-state index contributed by atoms with van der Waals surface area (Å²) >= 11 is 0. The topological polar surface area (TPSA) is 89.9 Å². The zero-order chi connectivity index (χ0) is 14.1. The van der Waals surface area contributed by atoms with Crippen molar-refractivity contribution in [2.75, 3.05) is 18.0 Å². The fourth-order valence-corrected chi connectivity index (χ4v) is 2.35. The summed E-state index contributed by atoms with van der Waals surface area (Å²) in [6, 6.07) is 0.0671. The molecule has 0 spiro atoms. The highest BCUT2D eigenvalue weighted by molar-refractivity contribution is 5.92. The molecule has 7 nitrogen and oxygen atoms in total. The van der Waals surface area contributed by atoms with Gasteiger partial charge in [0.1, 0.15) is 6.33 Å². The molecule has 104 valence electrons. The molecule has 3 heterocycles. The quantitative estimate of drug-likeness (QED) is 0.874. The number of carbonyl (C=O) groups excluding carboxylic acids is 1. The van der Waals surface area contributed by atoms with Crippen molar-refractivity contribution in [1.82, 2.24) is 19.7 Å². The molecule has 8 heteroatoms. The van der Waals surface area contributed by atoms with Crippen molar-refractivity contribution in [3.8, 4) is 0 Å². The molecular formula is C12H13FN6O. The van der Waals surface area contributed by atoms with E-state index in [9.17, 15) is 9.18 Å². The van der Waals surface area contributed by atoms with Gasteiger partial charge in [0.2, 0.25) is 0 Å². The SMILES string of the molecule is NC(=O)c1cnn(C2CCN(c3ncncc3F)C2)c1. The van der Waals surface area contributed by atoms with Gasteiger partial charge in [-0.15, -0.1) is 0 Å². The Kier molecular flexibility index (Phi) is 3.05. The predicted octanol–water partition coefficient (Wildman–Crippen LogP) is 0.362. The first-order chi connectivity index (χ1) is 9.65. The summed E-state index contributed by atoms with van der Waals surface area (Å²) in [4.78, 5) is 20.5. The summed E-state index contributed by atoms with van der Waals surface area (Å²) in [5.41, 5.74) is 5.57. The zero-order valence-corrected chi connectivity index (χ0v) is 10.6. The molecular weight excluding hydrogens is 263 g/mol. The van der Waals surface area contributed by atoms with E-state index in [1.54, 1.807) is 10.9 Å². The molecule has 2 aromatic rings. The Morgan fingerprint density at radius 1 is 1.45 bits per heavy atom. The third-order valence-corrected chi connectivity index (χ3v) is 3.37. The Balaban J connectivity index is 1.76. The van der Waals surface area contributed by atoms with Gasteiger partial charge in [-0.2, -0.15) is 5.10 Å². The van der Waals surface area contributed by atoms with Crippen LogP contribution in [-0.4, -0.2) is 38.7 Å². The summed E-state index contributed by atoms with van der Waals surface area (Å²) < 4.78 is 15.3. The minimum absolute atomic E-state index is 0.0671. The molecule has 2 N–H and O–H groups in total. The lowest BCUT2D eigenvalue weighted by Gasteiger charge is -2.17. The second kappa shape index (κ2) is 4.87. The largest absolute Gasteiger partial charge is 0.366 e. The smallest absolute Gasteiger partial charge is 0.251 e. The van der Waals surface area contributed by atoms with Crippen LogP contribution in [0.4, 0.5) is 10.2 Å². The second-order valence-electron chi connectivity index (χ2n) is 4.66. The number of rotatable bonds is 3. The number of aromatic nitrogens is 4. The maximum atomic E-state index is 13.6. The van der Waals surface area contributed by atoms with Gasteiger partial charge in [0, 0.05) is 19.3 Å². The van der Waals surface area contributed by atoms with Gasteiger partial charge in [-0.05, 0) is 6.42 Å². The lowest BCUT2D eigenvalue weighted by atomic mass is 10.3. The van der Waals surface area contributed by atoms with Gasteiger partial charge in [-0.25, -0.2) is 14.4 Å². The molecule has 1 aliphatic heterocycles. The van der Waals surface area contributed by atoms with E-state index in [-0.39, 0.29) is 6.04 Å². The van der Waals surface area contributed by atoms with Crippen LogP contribution in [0.1, 0.15) is 22.8 Å². The summed E-state index contributed by atoms with van der Waals surface area (Å²) in [6.07, 6.45) is 6.33. The van der Waals surface area contributed by atoms with Gasteiger partial charge in [0.15, 0.2) is 11.6 Å². The highest BCUT2D eigenvalue weighted by Gasteiger charge is 2.27. The van der Waals surface area contributed by atoms with Crippen molar-refractivity contribution in [1.29, 1.82) is 0 Å². The predicted molar refractivity (Wildman–Crippen MR) is 68.6 cm³/mol.